The molecule has 1 aromatic heterocycles. The van der Waals surface area contributed by atoms with Crippen LogP contribution in [-0.4, -0.2) is 36.1 Å². The lowest BCUT2D eigenvalue weighted by atomic mass is 10.1. The van der Waals surface area contributed by atoms with Crippen molar-refractivity contribution in [3.05, 3.63) is 84.9 Å². The standard InChI is InChI=1S/C26H23N3O3/c1-27-26(31)24-16-29(21-13-7-8-14-23(21)32-24)25(30)17-28-20-12-6-5-11-19(20)15-22(28)18-9-3-2-4-10-18/h2-15,24H,16-17H2,1H3,(H,27,31). The molecule has 160 valence electrons. The van der Waals surface area contributed by atoms with Crippen LogP contribution in [0.4, 0.5) is 5.69 Å². The molecule has 1 unspecified atom stereocenters. The molecule has 0 radical (unpaired) electrons. The summed E-state index contributed by atoms with van der Waals surface area (Å²) in [6, 6.07) is 27.5. The van der Waals surface area contributed by atoms with Crippen LogP contribution in [0.3, 0.4) is 0 Å². The van der Waals surface area contributed by atoms with Crippen LogP contribution in [0.5, 0.6) is 5.75 Å². The molecule has 3 aromatic carbocycles. The number of nitrogens with zero attached hydrogens (tertiary/aromatic N) is 2. The predicted molar refractivity (Wildman–Crippen MR) is 125 cm³/mol. The van der Waals surface area contributed by atoms with Gasteiger partial charge in [0.2, 0.25) is 5.91 Å². The van der Waals surface area contributed by atoms with Crippen molar-refractivity contribution in [2.45, 2.75) is 12.6 Å². The number of ether oxygens (including phenoxy) is 1. The molecule has 0 bridgehead atoms. The van der Waals surface area contributed by atoms with Gasteiger partial charge < -0.3 is 19.5 Å². The topological polar surface area (TPSA) is 63.6 Å². The van der Waals surface area contributed by atoms with E-state index < -0.39 is 6.10 Å². The number of anilines is 1. The molecule has 0 fully saturated rings. The number of carbonyl (C=O) groups is 2. The van der Waals surface area contributed by atoms with Crippen LogP contribution in [-0.2, 0) is 16.1 Å². The second kappa shape index (κ2) is 8.23. The van der Waals surface area contributed by atoms with Crippen LogP contribution in [0.1, 0.15) is 0 Å². The highest BCUT2D eigenvalue weighted by molar-refractivity contribution is 5.98. The summed E-state index contributed by atoms with van der Waals surface area (Å²) in [6.07, 6.45) is -0.756. The van der Waals surface area contributed by atoms with Gasteiger partial charge >= 0.3 is 0 Å². The molecule has 1 N–H and O–H groups in total. The van der Waals surface area contributed by atoms with Gasteiger partial charge in [-0.1, -0.05) is 60.7 Å². The summed E-state index contributed by atoms with van der Waals surface area (Å²) in [4.78, 5) is 27.6. The van der Waals surface area contributed by atoms with Crippen molar-refractivity contribution in [3.8, 4) is 17.0 Å². The van der Waals surface area contributed by atoms with Gasteiger partial charge in [-0.3, -0.25) is 9.59 Å². The van der Waals surface area contributed by atoms with E-state index in [1.807, 2.05) is 71.3 Å². The number of nitrogens with one attached hydrogen (secondary N) is 1. The Kier molecular flexibility index (Phi) is 5.11. The minimum atomic E-state index is -0.756. The van der Waals surface area contributed by atoms with Crippen molar-refractivity contribution in [1.82, 2.24) is 9.88 Å². The molecule has 0 spiro atoms. The molecule has 6 heteroatoms. The molecule has 0 saturated carbocycles. The molecular formula is C26H23N3O3. The van der Waals surface area contributed by atoms with Crippen LogP contribution in [0.15, 0.2) is 84.9 Å². The summed E-state index contributed by atoms with van der Waals surface area (Å²) >= 11 is 0. The van der Waals surface area contributed by atoms with Gasteiger partial charge in [0.25, 0.3) is 5.91 Å². The number of hydrogen-bond donors (Lipinski definition) is 1. The lowest BCUT2D eigenvalue weighted by Crippen LogP contribution is -2.50. The highest BCUT2D eigenvalue weighted by atomic mass is 16.5. The first kappa shape index (κ1) is 19.9. The van der Waals surface area contributed by atoms with E-state index in [1.165, 1.54) is 0 Å². The van der Waals surface area contributed by atoms with Crippen LogP contribution < -0.4 is 15.0 Å². The molecular weight excluding hydrogens is 402 g/mol. The summed E-state index contributed by atoms with van der Waals surface area (Å²) in [7, 11) is 1.57. The van der Waals surface area contributed by atoms with Gasteiger partial charge in [-0.25, -0.2) is 0 Å². The Balaban J connectivity index is 1.55. The average molecular weight is 425 g/mol. The lowest BCUT2D eigenvalue weighted by Gasteiger charge is -2.34. The maximum Gasteiger partial charge on any atom is 0.262 e. The van der Waals surface area contributed by atoms with Crippen molar-refractivity contribution in [2.24, 2.45) is 0 Å². The molecule has 2 amide bonds. The Morgan fingerprint density at radius 3 is 2.50 bits per heavy atom. The van der Waals surface area contributed by atoms with E-state index in [9.17, 15) is 9.59 Å². The van der Waals surface area contributed by atoms with Gasteiger partial charge in [-0.2, -0.15) is 0 Å². The Morgan fingerprint density at radius 1 is 0.969 bits per heavy atom. The third-order valence-electron chi connectivity index (χ3n) is 5.79. The van der Waals surface area contributed by atoms with E-state index >= 15 is 0 Å². The fourth-order valence-electron chi connectivity index (χ4n) is 4.22. The van der Waals surface area contributed by atoms with Crippen molar-refractivity contribution in [1.29, 1.82) is 0 Å². The summed E-state index contributed by atoms with van der Waals surface area (Å²) in [5, 5.41) is 3.69. The van der Waals surface area contributed by atoms with E-state index in [0.717, 1.165) is 22.2 Å². The molecule has 6 nitrogen and oxygen atoms in total. The summed E-state index contributed by atoms with van der Waals surface area (Å²) in [6.45, 7) is 0.307. The van der Waals surface area contributed by atoms with Gasteiger partial charge in [0.1, 0.15) is 12.3 Å². The Morgan fingerprint density at radius 2 is 1.69 bits per heavy atom. The Labute approximate surface area is 186 Å². The Bertz CT molecular complexity index is 1300. The summed E-state index contributed by atoms with van der Waals surface area (Å²) < 4.78 is 7.89. The molecule has 4 aromatic rings. The van der Waals surface area contributed by atoms with Crippen LogP contribution >= 0.6 is 0 Å². The first-order valence-electron chi connectivity index (χ1n) is 10.6. The SMILES string of the molecule is CNC(=O)C1CN(C(=O)Cn2c(-c3ccccc3)cc3ccccc32)c2ccccc2O1. The molecule has 1 aliphatic heterocycles. The second-order valence-corrected chi connectivity index (χ2v) is 7.73. The minimum absolute atomic E-state index is 0.104. The highest BCUT2D eigenvalue weighted by Gasteiger charge is 2.33. The fraction of sp³-hybridized carbons (Fsp3) is 0.154. The average Bonchev–Trinajstić information content (AvgIpc) is 3.21. The highest BCUT2D eigenvalue weighted by Crippen LogP contribution is 2.34. The van der Waals surface area contributed by atoms with E-state index in [4.69, 9.17) is 4.74 Å². The van der Waals surface area contributed by atoms with Crippen molar-refractivity contribution in [3.63, 3.8) is 0 Å². The first-order chi connectivity index (χ1) is 15.7. The number of likely N-dealkylation sites (N-methyl/N-ethyl adjacent to an activating group) is 1. The van der Waals surface area contributed by atoms with Crippen LogP contribution in [0.25, 0.3) is 22.2 Å². The number of aromatic nitrogens is 1. The van der Waals surface area contributed by atoms with Gasteiger partial charge in [0.15, 0.2) is 6.10 Å². The summed E-state index contributed by atoms with van der Waals surface area (Å²) in [5.41, 5.74) is 3.69. The lowest BCUT2D eigenvalue weighted by molar-refractivity contribution is -0.128. The number of carbonyl (C=O) groups excluding carboxylic acids is 2. The molecule has 1 atom stereocenters. The quantitative estimate of drug-likeness (QED) is 0.540. The minimum Gasteiger partial charge on any atom is -0.477 e. The molecule has 2 heterocycles. The van der Waals surface area contributed by atoms with Crippen molar-refractivity contribution < 1.29 is 14.3 Å². The van der Waals surface area contributed by atoms with E-state index in [0.29, 0.717) is 11.4 Å². The number of benzene rings is 3. The zero-order chi connectivity index (χ0) is 22.1. The molecule has 32 heavy (non-hydrogen) atoms. The number of fused-ring (bicyclic) bond motifs is 2. The predicted octanol–water partition coefficient (Wildman–Crippen LogP) is 3.85. The largest absolute Gasteiger partial charge is 0.477 e. The zero-order valence-electron chi connectivity index (χ0n) is 17.7. The first-order valence-corrected chi connectivity index (χ1v) is 10.6. The maximum absolute atomic E-state index is 13.6. The van der Waals surface area contributed by atoms with Crippen LogP contribution in [0.2, 0.25) is 0 Å². The third-order valence-corrected chi connectivity index (χ3v) is 5.79. The number of amides is 2. The third kappa shape index (κ3) is 3.50. The fourth-order valence-corrected chi connectivity index (χ4v) is 4.22. The van der Waals surface area contributed by atoms with Crippen molar-refractivity contribution >= 4 is 28.4 Å². The number of rotatable bonds is 4. The van der Waals surface area contributed by atoms with E-state index in [-0.39, 0.29) is 24.9 Å². The molecule has 1 aliphatic rings. The summed E-state index contributed by atoms with van der Waals surface area (Å²) in [5.74, 6) is 0.170. The normalized spacial score (nSPS) is 15.2. The molecule has 0 aliphatic carbocycles. The second-order valence-electron chi connectivity index (χ2n) is 7.73. The smallest absolute Gasteiger partial charge is 0.262 e. The van der Waals surface area contributed by atoms with Crippen LogP contribution in [0, 0.1) is 0 Å². The Hall–Kier alpha value is -4.06. The van der Waals surface area contributed by atoms with Gasteiger partial charge in [0, 0.05) is 23.6 Å². The van der Waals surface area contributed by atoms with Gasteiger partial charge in [0.05, 0.1) is 12.2 Å². The monoisotopic (exact) mass is 425 g/mol. The maximum atomic E-state index is 13.6. The van der Waals surface area contributed by atoms with Gasteiger partial charge in [-0.15, -0.1) is 0 Å². The van der Waals surface area contributed by atoms with E-state index in [1.54, 1.807) is 18.0 Å². The van der Waals surface area contributed by atoms with E-state index in [2.05, 4.69) is 17.4 Å². The van der Waals surface area contributed by atoms with Crippen molar-refractivity contribution in [2.75, 3.05) is 18.5 Å². The molecule has 5 rings (SSSR count). The molecule has 0 saturated heterocycles. The van der Waals surface area contributed by atoms with Gasteiger partial charge in [-0.05, 0) is 29.8 Å². The zero-order valence-corrected chi connectivity index (χ0v) is 17.7. The number of hydrogen-bond acceptors (Lipinski definition) is 3. The number of para-hydroxylation sites is 3.